The van der Waals surface area contributed by atoms with Gasteiger partial charge >= 0.3 is 0 Å². The lowest BCUT2D eigenvalue weighted by Crippen LogP contribution is -2.23. The SMILES string of the molecule is CCCCCCCOc1cccc(NCC(C)Oc2cc(C)ccc2C)c1. The van der Waals surface area contributed by atoms with Gasteiger partial charge in [0.2, 0.25) is 0 Å². The van der Waals surface area contributed by atoms with E-state index in [4.69, 9.17) is 9.47 Å². The average Bonchev–Trinajstić information content (AvgIpc) is 2.66. The third-order valence-electron chi connectivity index (χ3n) is 4.62. The van der Waals surface area contributed by atoms with E-state index in [2.05, 4.69) is 63.3 Å². The highest BCUT2D eigenvalue weighted by Crippen LogP contribution is 2.21. The molecule has 3 nitrogen and oxygen atoms in total. The first-order valence-corrected chi connectivity index (χ1v) is 10.3. The van der Waals surface area contributed by atoms with Crippen LogP contribution in [0.3, 0.4) is 0 Å². The number of hydrogen-bond acceptors (Lipinski definition) is 3. The molecule has 0 aliphatic heterocycles. The van der Waals surface area contributed by atoms with Crippen molar-refractivity contribution in [3.8, 4) is 11.5 Å². The Morgan fingerprint density at radius 2 is 1.78 bits per heavy atom. The fourth-order valence-corrected chi connectivity index (χ4v) is 2.95. The number of hydrogen-bond donors (Lipinski definition) is 1. The fraction of sp³-hybridized carbons (Fsp3) is 0.500. The van der Waals surface area contributed by atoms with Crippen molar-refractivity contribution in [2.45, 2.75) is 65.9 Å². The van der Waals surface area contributed by atoms with Crippen LogP contribution in [0.25, 0.3) is 0 Å². The fourth-order valence-electron chi connectivity index (χ4n) is 2.95. The second kappa shape index (κ2) is 11.5. The van der Waals surface area contributed by atoms with Crippen LogP contribution in [0.15, 0.2) is 42.5 Å². The predicted octanol–water partition coefficient (Wildman–Crippen LogP) is 6.53. The van der Waals surface area contributed by atoms with E-state index < -0.39 is 0 Å². The number of aryl methyl sites for hydroxylation is 2. The molecule has 148 valence electrons. The molecule has 0 spiro atoms. The minimum Gasteiger partial charge on any atom is -0.494 e. The standard InChI is InChI=1S/C24H35NO2/c1-5-6-7-8-9-15-26-23-12-10-11-22(17-23)25-18-21(4)27-24-16-19(2)13-14-20(24)3/h10-14,16-17,21,25H,5-9,15,18H2,1-4H3. The number of benzene rings is 2. The maximum absolute atomic E-state index is 6.10. The van der Waals surface area contributed by atoms with Gasteiger partial charge in [-0.05, 0) is 56.5 Å². The van der Waals surface area contributed by atoms with E-state index >= 15 is 0 Å². The number of ether oxygens (including phenoxy) is 2. The van der Waals surface area contributed by atoms with Crippen LogP contribution in [0.2, 0.25) is 0 Å². The molecule has 0 heterocycles. The highest BCUT2D eigenvalue weighted by molar-refractivity contribution is 5.48. The number of rotatable bonds is 12. The molecule has 0 aromatic heterocycles. The largest absolute Gasteiger partial charge is 0.494 e. The first-order chi connectivity index (χ1) is 13.1. The van der Waals surface area contributed by atoms with Gasteiger partial charge in [0.1, 0.15) is 17.6 Å². The van der Waals surface area contributed by atoms with E-state index in [1.807, 2.05) is 12.1 Å². The topological polar surface area (TPSA) is 30.5 Å². The summed E-state index contributed by atoms with van der Waals surface area (Å²) in [5, 5.41) is 3.45. The van der Waals surface area contributed by atoms with Gasteiger partial charge in [0.25, 0.3) is 0 Å². The second-order valence-corrected chi connectivity index (χ2v) is 7.37. The lowest BCUT2D eigenvalue weighted by molar-refractivity contribution is 0.233. The molecule has 0 fully saturated rings. The van der Waals surface area contributed by atoms with E-state index in [9.17, 15) is 0 Å². The van der Waals surface area contributed by atoms with Crippen LogP contribution in [-0.4, -0.2) is 19.3 Å². The number of anilines is 1. The van der Waals surface area contributed by atoms with E-state index in [0.717, 1.165) is 36.8 Å². The van der Waals surface area contributed by atoms with Crippen molar-refractivity contribution < 1.29 is 9.47 Å². The van der Waals surface area contributed by atoms with Gasteiger partial charge in [0.15, 0.2) is 0 Å². The summed E-state index contributed by atoms with van der Waals surface area (Å²) in [6.07, 6.45) is 6.35. The van der Waals surface area contributed by atoms with E-state index in [1.165, 1.54) is 36.8 Å². The van der Waals surface area contributed by atoms with Crippen LogP contribution in [0.1, 0.15) is 57.1 Å². The summed E-state index contributed by atoms with van der Waals surface area (Å²) in [7, 11) is 0. The molecule has 2 aromatic carbocycles. The van der Waals surface area contributed by atoms with Crippen molar-refractivity contribution in [1.29, 1.82) is 0 Å². The van der Waals surface area contributed by atoms with E-state index in [-0.39, 0.29) is 6.10 Å². The third-order valence-corrected chi connectivity index (χ3v) is 4.62. The molecule has 3 heteroatoms. The Hall–Kier alpha value is -2.16. The Bertz CT molecular complexity index is 684. The summed E-state index contributed by atoms with van der Waals surface area (Å²) in [6.45, 7) is 10.0. The van der Waals surface area contributed by atoms with Gasteiger partial charge in [-0.1, -0.05) is 50.8 Å². The summed E-state index contributed by atoms with van der Waals surface area (Å²) in [5.41, 5.74) is 3.45. The Morgan fingerprint density at radius 3 is 2.59 bits per heavy atom. The second-order valence-electron chi connectivity index (χ2n) is 7.37. The summed E-state index contributed by atoms with van der Waals surface area (Å²) in [4.78, 5) is 0. The smallest absolute Gasteiger partial charge is 0.122 e. The molecule has 0 aliphatic rings. The Balaban J connectivity index is 1.75. The first-order valence-electron chi connectivity index (χ1n) is 10.3. The Morgan fingerprint density at radius 1 is 0.963 bits per heavy atom. The van der Waals surface area contributed by atoms with Gasteiger partial charge in [0, 0.05) is 11.8 Å². The molecule has 0 saturated heterocycles. The molecule has 0 amide bonds. The molecule has 0 bridgehead atoms. The van der Waals surface area contributed by atoms with E-state index in [1.54, 1.807) is 0 Å². The van der Waals surface area contributed by atoms with Gasteiger partial charge < -0.3 is 14.8 Å². The Labute approximate surface area is 165 Å². The van der Waals surface area contributed by atoms with Crippen molar-refractivity contribution in [2.75, 3.05) is 18.5 Å². The van der Waals surface area contributed by atoms with Gasteiger partial charge in [-0.3, -0.25) is 0 Å². The highest BCUT2D eigenvalue weighted by atomic mass is 16.5. The lowest BCUT2D eigenvalue weighted by atomic mass is 10.1. The van der Waals surface area contributed by atoms with Crippen molar-refractivity contribution in [3.63, 3.8) is 0 Å². The molecule has 27 heavy (non-hydrogen) atoms. The van der Waals surface area contributed by atoms with Gasteiger partial charge in [-0.15, -0.1) is 0 Å². The average molecular weight is 370 g/mol. The Kier molecular flexibility index (Phi) is 9.03. The molecule has 1 atom stereocenters. The van der Waals surface area contributed by atoms with Gasteiger partial charge in [0.05, 0.1) is 13.2 Å². The molecule has 2 rings (SSSR count). The lowest BCUT2D eigenvalue weighted by Gasteiger charge is -2.18. The first kappa shape index (κ1) is 21.1. The molecule has 0 aliphatic carbocycles. The maximum Gasteiger partial charge on any atom is 0.122 e. The predicted molar refractivity (Wildman–Crippen MR) is 115 cm³/mol. The van der Waals surface area contributed by atoms with Crippen molar-refractivity contribution in [3.05, 3.63) is 53.6 Å². The highest BCUT2D eigenvalue weighted by Gasteiger charge is 2.07. The quantitative estimate of drug-likeness (QED) is 0.431. The van der Waals surface area contributed by atoms with E-state index in [0.29, 0.717) is 0 Å². The molecular weight excluding hydrogens is 334 g/mol. The third kappa shape index (κ3) is 7.94. The van der Waals surface area contributed by atoms with Gasteiger partial charge in [-0.2, -0.15) is 0 Å². The zero-order chi connectivity index (χ0) is 19.5. The normalized spacial score (nSPS) is 11.9. The zero-order valence-electron chi connectivity index (χ0n) is 17.4. The molecule has 1 N–H and O–H groups in total. The molecule has 0 radical (unpaired) electrons. The van der Waals surface area contributed by atoms with Crippen LogP contribution >= 0.6 is 0 Å². The van der Waals surface area contributed by atoms with Crippen molar-refractivity contribution >= 4 is 5.69 Å². The van der Waals surface area contributed by atoms with Crippen LogP contribution in [0.5, 0.6) is 11.5 Å². The summed E-state index contributed by atoms with van der Waals surface area (Å²) >= 11 is 0. The van der Waals surface area contributed by atoms with Crippen LogP contribution in [0, 0.1) is 13.8 Å². The number of nitrogens with one attached hydrogen (secondary N) is 1. The molecule has 1 unspecified atom stereocenters. The summed E-state index contributed by atoms with van der Waals surface area (Å²) < 4.78 is 12.0. The maximum atomic E-state index is 6.10. The minimum absolute atomic E-state index is 0.0774. The summed E-state index contributed by atoms with van der Waals surface area (Å²) in [5.74, 6) is 1.89. The van der Waals surface area contributed by atoms with Crippen LogP contribution in [0.4, 0.5) is 5.69 Å². The molecular formula is C24H35NO2. The number of unbranched alkanes of at least 4 members (excludes halogenated alkanes) is 4. The zero-order valence-corrected chi connectivity index (χ0v) is 17.4. The molecule has 0 saturated carbocycles. The minimum atomic E-state index is 0.0774. The van der Waals surface area contributed by atoms with Crippen molar-refractivity contribution in [2.24, 2.45) is 0 Å². The van der Waals surface area contributed by atoms with Crippen LogP contribution < -0.4 is 14.8 Å². The molecule has 2 aromatic rings. The van der Waals surface area contributed by atoms with Crippen molar-refractivity contribution in [1.82, 2.24) is 0 Å². The summed E-state index contributed by atoms with van der Waals surface area (Å²) in [6, 6.07) is 14.5. The monoisotopic (exact) mass is 369 g/mol. The van der Waals surface area contributed by atoms with Gasteiger partial charge in [-0.25, -0.2) is 0 Å². The van der Waals surface area contributed by atoms with Crippen LogP contribution in [-0.2, 0) is 0 Å².